The van der Waals surface area contributed by atoms with Crippen LogP contribution >= 0.6 is 0 Å². The first-order valence-corrected chi connectivity index (χ1v) is 14.1. The van der Waals surface area contributed by atoms with E-state index < -0.39 is 11.2 Å². The maximum absolute atomic E-state index is 13.2. The quantitative estimate of drug-likeness (QED) is 0.331. The second kappa shape index (κ2) is 11.5. The molecule has 0 unspecified atom stereocenters. The number of rotatable bonds is 5. The van der Waals surface area contributed by atoms with E-state index in [0.717, 1.165) is 36.1 Å². The van der Waals surface area contributed by atoms with Crippen molar-refractivity contribution in [1.82, 2.24) is 4.98 Å². The van der Waals surface area contributed by atoms with Crippen LogP contribution in [0.4, 0.5) is 5.69 Å². The van der Waals surface area contributed by atoms with Crippen LogP contribution in [0, 0.1) is 12.8 Å². The third-order valence-electron chi connectivity index (χ3n) is 9.41. The summed E-state index contributed by atoms with van der Waals surface area (Å²) in [6, 6.07) is 29.7. The Hall–Kier alpha value is -2.80. The zero-order chi connectivity index (χ0) is 28.0. The molecule has 1 saturated carbocycles. The Morgan fingerprint density at radius 2 is 1.68 bits per heavy atom. The predicted molar refractivity (Wildman–Crippen MR) is 157 cm³/mol. The molecule has 0 bridgehead atoms. The van der Waals surface area contributed by atoms with Crippen molar-refractivity contribution in [1.29, 1.82) is 0 Å². The Bertz CT molecular complexity index is 1540. The minimum Gasteiger partial charge on any atom is -0.387 e. The van der Waals surface area contributed by atoms with Crippen molar-refractivity contribution >= 4 is 11.6 Å². The van der Waals surface area contributed by atoms with Gasteiger partial charge in [0, 0.05) is 17.2 Å². The van der Waals surface area contributed by atoms with Crippen molar-refractivity contribution in [2.75, 3.05) is 5.32 Å². The number of amides is 1. The molecule has 1 fully saturated rings. The van der Waals surface area contributed by atoms with Crippen LogP contribution in [0.15, 0.2) is 97.2 Å². The first-order valence-electron chi connectivity index (χ1n) is 14.1. The molecule has 2 aliphatic carbocycles. The van der Waals surface area contributed by atoms with Gasteiger partial charge in [-0.1, -0.05) is 66.7 Å². The summed E-state index contributed by atoms with van der Waals surface area (Å²) in [4.78, 5) is 17.5. The topological polar surface area (TPSA) is 82.5 Å². The van der Waals surface area contributed by atoms with E-state index in [2.05, 4.69) is 40.6 Å². The summed E-state index contributed by atoms with van der Waals surface area (Å²) < 4.78 is 0. The van der Waals surface area contributed by atoms with E-state index in [1.807, 2.05) is 67.6 Å². The third kappa shape index (κ3) is 5.31. The number of carbonyl (C=O) groups is 1. The number of aryl methyl sites for hydroxylation is 2. The van der Waals surface area contributed by atoms with E-state index in [1.165, 1.54) is 11.1 Å². The number of hydrogen-bond acceptors (Lipinski definition) is 4. The van der Waals surface area contributed by atoms with E-state index in [9.17, 15) is 15.0 Å². The molecule has 1 aromatic heterocycles. The van der Waals surface area contributed by atoms with Crippen molar-refractivity contribution in [3.63, 3.8) is 0 Å². The number of fused-ring (bicyclic) bond motifs is 3. The number of pyridine rings is 1. The molecule has 6 rings (SSSR count). The van der Waals surface area contributed by atoms with Gasteiger partial charge in [-0.05, 0) is 98.4 Å². The minimum atomic E-state index is -1.36. The Kier molecular flexibility index (Phi) is 8.30. The molecule has 5 nitrogen and oxygen atoms in total. The van der Waals surface area contributed by atoms with E-state index >= 15 is 0 Å². The molecule has 3 aromatic carbocycles. The van der Waals surface area contributed by atoms with Crippen LogP contribution < -0.4 is 34.9 Å². The molecule has 41 heavy (non-hydrogen) atoms. The number of benzene rings is 3. The van der Waals surface area contributed by atoms with E-state index in [4.69, 9.17) is 0 Å². The smallest absolute Gasteiger partial charge is 0.387 e. The molecule has 0 spiro atoms. The van der Waals surface area contributed by atoms with Gasteiger partial charge in [0.05, 0.1) is 17.0 Å². The maximum atomic E-state index is 13.2. The van der Waals surface area contributed by atoms with Crippen LogP contribution in [0.2, 0.25) is 0 Å². The van der Waals surface area contributed by atoms with Crippen molar-refractivity contribution in [2.45, 2.75) is 62.6 Å². The molecular formula is C35H36N2NaO3+. The molecule has 204 valence electrons. The molecule has 0 saturated heterocycles. The van der Waals surface area contributed by atoms with Crippen LogP contribution in [-0.4, -0.2) is 26.7 Å². The monoisotopic (exact) mass is 555 g/mol. The van der Waals surface area contributed by atoms with Gasteiger partial charge in [-0.25, -0.2) is 0 Å². The molecule has 1 heterocycles. The Balaban J connectivity index is 0.00000337. The molecule has 4 atom stereocenters. The molecule has 4 aromatic rings. The van der Waals surface area contributed by atoms with E-state index in [1.54, 1.807) is 13.1 Å². The first kappa shape index (κ1) is 29.7. The molecule has 0 aliphatic heterocycles. The number of aromatic nitrogens is 1. The zero-order valence-electron chi connectivity index (χ0n) is 24.1. The molecule has 1 amide bonds. The van der Waals surface area contributed by atoms with Gasteiger partial charge >= 0.3 is 29.6 Å². The number of hydrogen-bond donors (Lipinski definition) is 3. The largest absolute Gasteiger partial charge is 1.00 e. The summed E-state index contributed by atoms with van der Waals surface area (Å²) in [5, 5.41) is 27.2. The molecular weight excluding hydrogens is 519 g/mol. The SMILES string of the molecule is Cc1ncccc1NC(=O)c1ccc2c(c1)CC[C@@H]1C[C@@](O)(c3ccccc3)[C@](C)(O)C[C@@]21Cc1ccccc1.[Na+]. The van der Waals surface area contributed by atoms with Crippen LogP contribution in [-0.2, 0) is 23.9 Å². The number of nitrogens with one attached hydrogen (secondary N) is 1. The number of nitrogens with zero attached hydrogens (tertiary/aromatic N) is 1. The van der Waals surface area contributed by atoms with Crippen LogP contribution in [0.3, 0.4) is 0 Å². The third-order valence-corrected chi connectivity index (χ3v) is 9.41. The van der Waals surface area contributed by atoms with E-state index in [0.29, 0.717) is 24.1 Å². The molecule has 0 radical (unpaired) electrons. The summed E-state index contributed by atoms with van der Waals surface area (Å²) in [5.41, 5.74) is 3.28. The fraction of sp³-hybridized carbons (Fsp3) is 0.314. The summed E-state index contributed by atoms with van der Waals surface area (Å²) in [6.45, 7) is 3.66. The fourth-order valence-electron chi connectivity index (χ4n) is 7.34. The van der Waals surface area contributed by atoms with Crippen molar-refractivity contribution < 1.29 is 44.6 Å². The van der Waals surface area contributed by atoms with Crippen LogP contribution in [0.5, 0.6) is 0 Å². The molecule has 2 aliphatic rings. The Morgan fingerprint density at radius 1 is 0.976 bits per heavy atom. The summed E-state index contributed by atoms with van der Waals surface area (Å²) in [5.74, 6) is -0.00409. The van der Waals surface area contributed by atoms with Crippen molar-refractivity contribution in [3.8, 4) is 0 Å². The standard InChI is InChI=1S/C35H36N2O3.Na/c1-24-31(14-9-19-36-24)37-32(38)27-16-18-30-26(20-27)15-17-29-22-35(40,28-12-7-4-8-13-28)33(2,39)23-34(29,30)21-25-10-5-3-6-11-25;/h3-14,16,18-20,29,39-40H,15,17,21-23H2,1-2H3,(H,37,38);/q;+1/t29-,33-,34-,35-;/m1./s1. The molecule has 6 heteroatoms. The second-order valence-electron chi connectivity index (χ2n) is 11.9. The zero-order valence-corrected chi connectivity index (χ0v) is 26.1. The average molecular weight is 556 g/mol. The van der Waals surface area contributed by atoms with Gasteiger partial charge in [-0.2, -0.15) is 0 Å². The summed E-state index contributed by atoms with van der Waals surface area (Å²) >= 11 is 0. The van der Waals surface area contributed by atoms with Gasteiger partial charge in [0.2, 0.25) is 0 Å². The number of anilines is 1. The second-order valence-corrected chi connectivity index (χ2v) is 11.9. The summed E-state index contributed by atoms with van der Waals surface area (Å²) in [7, 11) is 0. The van der Waals surface area contributed by atoms with Crippen molar-refractivity contribution in [2.24, 2.45) is 5.92 Å². The fourth-order valence-corrected chi connectivity index (χ4v) is 7.34. The predicted octanol–water partition coefficient (Wildman–Crippen LogP) is 3.12. The number of carbonyl (C=O) groups excluding carboxylic acids is 1. The van der Waals surface area contributed by atoms with Gasteiger partial charge in [0.15, 0.2) is 0 Å². The van der Waals surface area contributed by atoms with Gasteiger partial charge in [0.25, 0.3) is 5.91 Å². The summed E-state index contributed by atoms with van der Waals surface area (Å²) in [6.07, 6.45) is 5.04. The minimum absolute atomic E-state index is 0. The van der Waals surface area contributed by atoms with Gasteiger partial charge in [0.1, 0.15) is 5.60 Å². The normalized spacial score (nSPS) is 26.7. The Labute approximate surface area is 264 Å². The van der Waals surface area contributed by atoms with Gasteiger partial charge < -0.3 is 15.5 Å². The van der Waals surface area contributed by atoms with Crippen molar-refractivity contribution in [3.05, 3.63) is 131 Å². The first-order chi connectivity index (χ1) is 19.2. The maximum Gasteiger partial charge on any atom is 1.00 e. The Morgan fingerprint density at radius 3 is 2.39 bits per heavy atom. The van der Waals surface area contributed by atoms with E-state index in [-0.39, 0.29) is 46.8 Å². The van der Waals surface area contributed by atoms with Gasteiger partial charge in [-0.3, -0.25) is 9.78 Å². The molecule has 3 N–H and O–H groups in total. The van der Waals surface area contributed by atoms with Crippen LogP contribution in [0.1, 0.15) is 64.5 Å². The average Bonchev–Trinajstić information content (AvgIpc) is 2.96. The van der Waals surface area contributed by atoms with Crippen LogP contribution in [0.25, 0.3) is 0 Å². The number of aliphatic hydroxyl groups is 2. The van der Waals surface area contributed by atoms with Gasteiger partial charge in [-0.15, -0.1) is 0 Å².